The molecule has 2 aliphatic heterocycles. The first-order valence-electron chi connectivity index (χ1n) is 12.6. The zero-order valence-corrected chi connectivity index (χ0v) is 21.9. The second-order valence-corrected chi connectivity index (χ2v) is 10.7. The second-order valence-electron chi connectivity index (χ2n) is 9.84. The van der Waals surface area contributed by atoms with Gasteiger partial charge in [-0.3, -0.25) is 4.90 Å². The zero-order valence-electron chi connectivity index (χ0n) is 20.3. The lowest BCUT2D eigenvalue weighted by atomic mass is 9.87. The van der Waals surface area contributed by atoms with Gasteiger partial charge in [-0.25, -0.2) is 14.6 Å². The number of aromatic nitrogens is 4. The van der Waals surface area contributed by atoms with Crippen LogP contribution in [0.5, 0.6) is 0 Å². The molecule has 3 aromatic rings. The number of hydrogen-bond acceptors (Lipinski definition) is 5. The summed E-state index contributed by atoms with van der Waals surface area (Å²) in [6, 6.07) is 6.22. The lowest BCUT2D eigenvalue weighted by molar-refractivity contribution is 0.0974. The van der Waals surface area contributed by atoms with E-state index < -0.39 is 0 Å². The minimum Gasteiger partial charge on any atom is -0.355 e. The molecule has 2 aliphatic rings. The molecule has 3 unspecified atom stereocenters. The molecule has 0 spiro atoms. The molecule has 1 aromatic carbocycles. The summed E-state index contributed by atoms with van der Waals surface area (Å²) in [5, 5.41) is 6.06. The van der Waals surface area contributed by atoms with Crippen LogP contribution in [0.25, 0.3) is 11.2 Å². The molecule has 0 aliphatic carbocycles. The van der Waals surface area contributed by atoms with Gasteiger partial charge in [-0.1, -0.05) is 49.0 Å². The van der Waals surface area contributed by atoms with E-state index in [4.69, 9.17) is 38.3 Å². The summed E-state index contributed by atoms with van der Waals surface area (Å²) < 4.78 is 1.95. The van der Waals surface area contributed by atoms with E-state index in [1.807, 2.05) is 29.9 Å². The van der Waals surface area contributed by atoms with Crippen molar-refractivity contribution in [2.75, 3.05) is 31.1 Å². The number of rotatable bonds is 5. The fourth-order valence-corrected chi connectivity index (χ4v) is 6.36. The molecule has 0 radical (unpaired) electrons. The molecule has 8 heteroatoms. The Hall–Kier alpha value is -1.89. The molecule has 6 nitrogen and oxygen atoms in total. The van der Waals surface area contributed by atoms with Gasteiger partial charge in [-0.2, -0.15) is 5.10 Å². The average molecular weight is 502 g/mol. The maximum Gasteiger partial charge on any atom is 0.179 e. The van der Waals surface area contributed by atoms with E-state index in [0.717, 1.165) is 41.3 Å². The van der Waals surface area contributed by atoms with Gasteiger partial charge in [-0.05, 0) is 69.8 Å². The summed E-state index contributed by atoms with van der Waals surface area (Å²) in [4.78, 5) is 15.1. The molecule has 5 rings (SSSR count). The maximum atomic E-state index is 6.52. The molecule has 0 amide bonds. The Morgan fingerprint density at radius 2 is 1.91 bits per heavy atom. The molecular weight excluding hydrogens is 467 g/mol. The number of anilines is 1. The van der Waals surface area contributed by atoms with Gasteiger partial charge >= 0.3 is 0 Å². The van der Waals surface area contributed by atoms with Crippen LogP contribution in [0.3, 0.4) is 0 Å². The number of benzene rings is 1. The Balaban J connectivity index is 1.43. The largest absolute Gasteiger partial charge is 0.355 e. The van der Waals surface area contributed by atoms with E-state index >= 15 is 0 Å². The van der Waals surface area contributed by atoms with E-state index in [-0.39, 0.29) is 6.04 Å². The summed E-state index contributed by atoms with van der Waals surface area (Å²) in [7, 11) is 0. The highest BCUT2D eigenvalue weighted by Crippen LogP contribution is 2.33. The molecule has 0 saturated carbocycles. The SMILES string of the molecule is CCC1CN(c2cnc3c(C)nn(C(C)c4ccc(Cl)cc4Cl)c3n2)CCC1N1CCCCC1. The van der Waals surface area contributed by atoms with E-state index in [2.05, 4.69) is 23.6 Å². The van der Waals surface area contributed by atoms with Crippen LogP contribution < -0.4 is 4.90 Å². The number of halogens is 2. The predicted octanol–water partition coefficient (Wildman–Crippen LogP) is 6.14. The molecule has 0 bridgehead atoms. The smallest absolute Gasteiger partial charge is 0.179 e. The number of likely N-dealkylation sites (tertiary alicyclic amines) is 1. The van der Waals surface area contributed by atoms with Crippen LogP contribution in [0, 0.1) is 12.8 Å². The van der Waals surface area contributed by atoms with Crippen LogP contribution in [-0.4, -0.2) is 56.9 Å². The van der Waals surface area contributed by atoms with Crippen LogP contribution in [0.4, 0.5) is 5.82 Å². The van der Waals surface area contributed by atoms with Crippen molar-refractivity contribution in [3.63, 3.8) is 0 Å². The summed E-state index contributed by atoms with van der Waals surface area (Å²) in [5.41, 5.74) is 3.49. The summed E-state index contributed by atoms with van der Waals surface area (Å²) in [6.07, 6.45) is 8.38. The van der Waals surface area contributed by atoms with Crippen molar-refractivity contribution >= 4 is 40.2 Å². The van der Waals surface area contributed by atoms with Gasteiger partial charge < -0.3 is 4.90 Å². The third-order valence-corrected chi connectivity index (χ3v) is 8.30. The van der Waals surface area contributed by atoms with Crippen molar-refractivity contribution in [2.45, 2.75) is 65.0 Å². The molecule has 182 valence electrons. The number of aryl methyl sites for hydroxylation is 1. The third kappa shape index (κ3) is 4.52. The Morgan fingerprint density at radius 3 is 2.65 bits per heavy atom. The van der Waals surface area contributed by atoms with Gasteiger partial charge in [0.15, 0.2) is 5.65 Å². The monoisotopic (exact) mass is 500 g/mol. The first-order chi connectivity index (χ1) is 16.5. The minimum absolute atomic E-state index is 0.0845. The van der Waals surface area contributed by atoms with Gasteiger partial charge in [0, 0.05) is 29.2 Å². The van der Waals surface area contributed by atoms with Crippen molar-refractivity contribution in [1.82, 2.24) is 24.6 Å². The van der Waals surface area contributed by atoms with Crippen LogP contribution in [0.1, 0.15) is 63.3 Å². The highest BCUT2D eigenvalue weighted by Gasteiger charge is 2.33. The fraction of sp³-hybridized carbons (Fsp3) is 0.577. The van der Waals surface area contributed by atoms with Crippen LogP contribution in [0.15, 0.2) is 24.4 Å². The Bertz CT molecular complexity index is 1160. The van der Waals surface area contributed by atoms with Crippen LogP contribution in [0.2, 0.25) is 10.0 Å². The van der Waals surface area contributed by atoms with Crippen LogP contribution >= 0.6 is 23.2 Å². The van der Waals surface area contributed by atoms with E-state index in [1.54, 1.807) is 6.07 Å². The quantitative estimate of drug-likeness (QED) is 0.420. The minimum atomic E-state index is -0.0845. The van der Waals surface area contributed by atoms with Crippen molar-refractivity contribution in [2.24, 2.45) is 5.92 Å². The van der Waals surface area contributed by atoms with Gasteiger partial charge in [0.25, 0.3) is 0 Å². The van der Waals surface area contributed by atoms with Crippen molar-refractivity contribution in [3.05, 3.63) is 45.7 Å². The highest BCUT2D eigenvalue weighted by molar-refractivity contribution is 6.35. The summed E-state index contributed by atoms with van der Waals surface area (Å²) in [6.45, 7) is 11.0. The highest BCUT2D eigenvalue weighted by atomic mass is 35.5. The van der Waals surface area contributed by atoms with Gasteiger partial charge in [0.05, 0.1) is 17.9 Å². The van der Waals surface area contributed by atoms with Gasteiger partial charge in [-0.15, -0.1) is 0 Å². The number of hydrogen-bond donors (Lipinski definition) is 0. The lowest BCUT2D eigenvalue weighted by Crippen LogP contribution is -2.52. The third-order valence-electron chi connectivity index (χ3n) is 7.74. The average Bonchev–Trinajstić information content (AvgIpc) is 3.19. The molecular formula is C26H34Cl2N6. The van der Waals surface area contributed by atoms with Crippen molar-refractivity contribution < 1.29 is 0 Å². The van der Waals surface area contributed by atoms with Gasteiger partial charge in [0.1, 0.15) is 11.3 Å². The molecule has 3 atom stereocenters. The normalized spacial score (nSPS) is 22.9. The maximum absolute atomic E-state index is 6.52. The molecule has 2 saturated heterocycles. The van der Waals surface area contributed by atoms with Gasteiger partial charge in [0.2, 0.25) is 0 Å². The van der Waals surface area contributed by atoms with E-state index in [1.165, 1.54) is 45.2 Å². The predicted molar refractivity (Wildman–Crippen MR) is 140 cm³/mol. The Morgan fingerprint density at radius 1 is 1.12 bits per heavy atom. The van der Waals surface area contributed by atoms with Crippen molar-refractivity contribution in [3.8, 4) is 0 Å². The fourth-order valence-electron chi connectivity index (χ4n) is 5.80. The molecule has 2 aromatic heterocycles. The topological polar surface area (TPSA) is 50.1 Å². The zero-order chi connectivity index (χ0) is 23.8. The second kappa shape index (κ2) is 10.00. The Kier molecular flexibility index (Phi) is 7.01. The molecule has 0 N–H and O–H groups in total. The summed E-state index contributed by atoms with van der Waals surface area (Å²) >= 11 is 12.6. The Labute approximate surface area is 212 Å². The van der Waals surface area contributed by atoms with Crippen LogP contribution in [-0.2, 0) is 0 Å². The number of nitrogens with zero attached hydrogens (tertiary/aromatic N) is 6. The standard InChI is InChI=1S/C26H34Cl2N6/c1-4-19-16-33(13-10-23(19)32-11-6-5-7-12-32)24-15-29-25-17(2)31-34(26(25)30-24)18(3)21-9-8-20(27)14-22(21)28/h8-9,14-15,18-19,23H,4-7,10-13,16H2,1-3H3. The molecule has 2 fully saturated rings. The summed E-state index contributed by atoms with van der Waals surface area (Å²) in [5.74, 6) is 1.60. The first-order valence-corrected chi connectivity index (χ1v) is 13.4. The lowest BCUT2D eigenvalue weighted by Gasteiger charge is -2.45. The van der Waals surface area contributed by atoms with E-state index in [9.17, 15) is 0 Å². The first kappa shape index (κ1) is 23.8. The van der Waals surface area contributed by atoms with Crippen molar-refractivity contribution in [1.29, 1.82) is 0 Å². The number of fused-ring (bicyclic) bond motifs is 1. The number of piperidine rings is 2. The van der Waals surface area contributed by atoms with E-state index in [0.29, 0.717) is 22.0 Å². The molecule has 34 heavy (non-hydrogen) atoms. The molecule has 4 heterocycles.